The first-order chi connectivity index (χ1) is 8.54. The van der Waals surface area contributed by atoms with Crippen LogP contribution in [0.3, 0.4) is 0 Å². The molecular formula is C15H23NO2. The second-order valence-electron chi connectivity index (χ2n) is 4.72. The van der Waals surface area contributed by atoms with E-state index in [1.807, 2.05) is 38.1 Å². The quantitative estimate of drug-likeness (QED) is 0.841. The zero-order valence-electron chi connectivity index (χ0n) is 11.7. The molecule has 1 rings (SSSR count). The summed E-state index contributed by atoms with van der Waals surface area (Å²) in [4.78, 5) is 11.9. The van der Waals surface area contributed by atoms with E-state index in [4.69, 9.17) is 4.74 Å². The van der Waals surface area contributed by atoms with E-state index in [9.17, 15) is 4.79 Å². The van der Waals surface area contributed by atoms with Crippen LogP contribution in [0.15, 0.2) is 24.3 Å². The van der Waals surface area contributed by atoms with Crippen molar-refractivity contribution in [2.45, 2.75) is 52.7 Å². The van der Waals surface area contributed by atoms with Gasteiger partial charge in [0.25, 0.3) is 5.91 Å². The number of ether oxygens (including phenoxy) is 1. The van der Waals surface area contributed by atoms with Gasteiger partial charge in [0.05, 0.1) is 0 Å². The smallest absolute Gasteiger partial charge is 0.260 e. The van der Waals surface area contributed by atoms with Gasteiger partial charge in [-0.1, -0.05) is 31.5 Å². The lowest BCUT2D eigenvalue weighted by Crippen LogP contribution is -2.41. The Bertz CT molecular complexity index is 390. The predicted octanol–water partition coefficient (Wildman–Crippen LogP) is 3.07. The second-order valence-corrected chi connectivity index (χ2v) is 4.72. The zero-order valence-corrected chi connectivity index (χ0v) is 11.7. The van der Waals surface area contributed by atoms with E-state index in [2.05, 4.69) is 12.2 Å². The third kappa shape index (κ3) is 4.40. The minimum Gasteiger partial charge on any atom is -0.481 e. The van der Waals surface area contributed by atoms with Crippen molar-refractivity contribution in [3.8, 4) is 5.75 Å². The Labute approximate surface area is 110 Å². The van der Waals surface area contributed by atoms with E-state index in [0.29, 0.717) is 0 Å². The Hall–Kier alpha value is -1.51. The van der Waals surface area contributed by atoms with Crippen molar-refractivity contribution in [1.29, 1.82) is 0 Å². The number of hydrogen-bond donors (Lipinski definition) is 1. The van der Waals surface area contributed by atoms with Gasteiger partial charge in [0.2, 0.25) is 0 Å². The number of para-hydroxylation sites is 1. The van der Waals surface area contributed by atoms with Gasteiger partial charge in [-0.2, -0.15) is 0 Å². The molecule has 3 heteroatoms. The Morgan fingerprint density at radius 2 is 2.00 bits per heavy atom. The molecule has 2 unspecified atom stereocenters. The highest BCUT2D eigenvalue weighted by molar-refractivity contribution is 5.81. The van der Waals surface area contributed by atoms with Gasteiger partial charge in [0.1, 0.15) is 5.75 Å². The summed E-state index contributed by atoms with van der Waals surface area (Å²) in [7, 11) is 0. The summed E-state index contributed by atoms with van der Waals surface area (Å²) in [6.07, 6.45) is 1.59. The van der Waals surface area contributed by atoms with Gasteiger partial charge in [-0.05, 0) is 38.8 Å². The number of nitrogens with one attached hydrogen (secondary N) is 1. The summed E-state index contributed by atoms with van der Waals surface area (Å²) in [6, 6.07) is 7.92. The number of carbonyl (C=O) groups excluding carboxylic acids is 1. The summed E-state index contributed by atoms with van der Waals surface area (Å²) in [5.74, 6) is 0.711. The van der Waals surface area contributed by atoms with Crippen molar-refractivity contribution in [2.24, 2.45) is 0 Å². The molecular weight excluding hydrogens is 226 g/mol. The largest absolute Gasteiger partial charge is 0.481 e. The first kappa shape index (κ1) is 14.6. The molecule has 0 bridgehead atoms. The maximum Gasteiger partial charge on any atom is 0.260 e. The Kier molecular flexibility index (Phi) is 5.69. The summed E-state index contributed by atoms with van der Waals surface area (Å²) >= 11 is 0. The van der Waals surface area contributed by atoms with Gasteiger partial charge in [-0.3, -0.25) is 4.79 Å². The molecule has 0 aliphatic rings. The Morgan fingerprint density at radius 1 is 1.33 bits per heavy atom. The lowest BCUT2D eigenvalue weighted by atomic mass is 10.2. The molecule has 18 heavy (non-hydrogen) atoms. The lowest BCUT2D eigenvalue weighted by Gasteiger charge is -2.19. The van der Waals surface area contributed by atoms with Gasteiger partial charge < -0.3 is 10.1 Å². The van der Waals surface area contributed by atoms with Crippen LogP contribution in [0.5, 0.6) is 5.75 Å². The summed E-state index contributed by atoms with van der Waals surface area (Å²) in [6.45, 7) is 7.87. The normalized spacial score (nSPS) is 13.8. The van der Waals surface area contributed by atoms with Crippen molar-refractivity contribution in [2.75, 3.05) is 0 Å². The number of rotatable bonds is 6. The molecule has 1 N–H and O–H groups in total. The first-order valence-electron chi connectivity index (χ1n) is 6.57. The van der Waals surface area contributed by atoms with Crippen LogP contribution in [0.4, 0.5) is 0 Å². The number of hydrogen-bond acceptors (Lipinski definition) is 2. The molecule has 0 aliphatic heterocycles. The number of benzene rings is 1. The van der Waals surface area contributed by atoms with Crippen molar-refractivity contribution in [1.82, 2.24) is 5.32 Å². The SMILES string of the molecule is CCCC(C)NC(=O)C(C)Oc1ccccc1C. The fraction of sp³-hybridized carbons (Fsp3) is 0.533. The predicted molar refractivity (Wildman–Crippen MR) is 73.8 cm³/mol. The molecule has 0 saturated carbocycles. The van der Waals surface area contributed by atoms with Crippen LogP contribution in [-0.4, -0.2) is 18.1 Å². The Balaban J connectivity index is 2.52. The van der Waals surface area contributed by atoms with Crippen molar-refractivity contribution >= 4 is 5.91 Å². The van der Waals surface area contributed by atoms with Crippen LogP contribution in [0.2, 0.25) is 0 Å². The average molecular weight is 249 g/mol. The number of aryl methyl sites for hydroxylation is 1. The van der Waals surface area contributed by atoms with Crippen molar-refractivity contribution < 1.29 is 9.53 Å². The molecule has 0 aromatic heterocycles. The van der Waals surface area contributed by atoms with E-state index in [0.717, 1.165) is 24.2 Å². The fourth-order valence-electron chi connectivity index (χ4n) is 1.80. The standard InChI is InChI=1S/C15H23NO2/c1-5-8-12(3)16-15(17)13(4)18-14-10-7-6-9-11(14)2/h6-7,9-10,12-13H,5,8H2,1-4H3,(H,16,17). The van der Waals surface area contributed by atoms with Gasteiger partial charge >= 0.3 is 0 Å². The highest BCUT2D eigenvalue weighted by atomic mass is 16.5. The molecule has 0 aliphatic carbocycles. The minimum atomic E-state index is -0.467. The molecule has 0 spiro atoms. The van der Waals surface area contributed by atoms with E-state index in [1.165, 1.54) is 0 Å². The minimum absolute atomic E-state index is 0.0563. The molecule has 0 heterocycles. The van der Waals surface area contributed by atoms with Gasteiger partial charge in [-0.25, -0.2) is 0 Å². The first-order valence-corrected chi connectivity index (χ1v) is 6.57. The molecule has 1 aromatic rings. The molecule has 100 valence electrons. The second kappa shape index (κ2) is 7.04. The highest BCUT2D eigenvalue weighted by Crippen LogP contribution is 2.17. The maximum atomic E-state index is 11.9. The monoisotopic (exact) mass is 249 g/mol. The summed E-state index contributed by atoms with van der Waals surface area (Å²) in [5, 5.41) is 2.96. The molecule has 1 aromatic carbocycles. The highest BCUT2D eigenvalue weighted by Gasteiger charge is 2.16. The van der Waals surface area contributed by atoms with Crippen LogP contribution in [0.1, 0.15) is 39.2 Å². The molecule has 3 nitrogen and oxygen atoms in total. The zero-order chi connectivity index (χ0) is 13.5. The van der Waals surface area contributed by atoms with Crippen LogP contribution >= 0.6 is 0 Å². The van der Waals surface area contributed by atoms with Crippen LogP contribution in [0, 0.1) is 6.92 Å². The van der Waals surface area contributed by atoms with Crippen LogP contribution in [-0.2, 0) is 4.79 Å². The maximum absolute atomic E-state index is 11.9. The van der Waals surface area contributed by atoms with E-state index in [1.54, 1.807) is 6.92 Å². The van der Waals surface area contributed by atoms with Crippen molar-refractivity contribution in [3.63, 3.8) is 0 Å². The molecule has 2 atom stereocenters. The van der Waals surface area contributed by atoms with Crippen LogP contribution < -0.4 is 10.1 Å². The van der Waals surface area contributed by atoms with Gasteiger partial charge in [0.15, 0.2) is 6.10 Å². The Morgan fingerprint density at radius 3 is 2.61 bits per heavy atom. The van der Waals surface area contributed by atoms with Gasteiger partial charge in [0, 0.05) is 6.04 Å². The fourth-order valence-corrected chi connectivity index (χ4v) is 1.80. The summed E-state index contributed by atoms with van der Waals surface area (Å²) < 4.78 is 5.67. The molecule has 0 radical (unpaired) electrons. The molecule has 1 amide bonds. The number of amides is 1. The third-order valence-corrected chi connectivity index (χ3v) is 2.88. The lowest BCUT2D eigenvalue weighted by molar-refractivity contribution is -0.127. The topological polar surface area (TPSA) is 38.3 Å². The summed E-state index contributed by atoms with van der Waals surface area (Å²) in [5.41, 5.74) is 1.04. The van der Waals surface area contributed by atoms with Crippen molar-refractivity contribution in [3.05, 3.63) is 29.8 Å². The molecule has 0 fully saturated rings. The third-order valence-electron chi connectivity index (χ3n) is 2.88. The van der Waals surface area contributed by atoms with E-state index in [-0.39, 0.29) is 11.9 Å². The van der Waals surface area contributed by atoms with Crippen LogP contribution in [0.25, 0.3) is 0 Å². The number of carbonyl (C=O) groups is 1. The average Bonchev–Trinajstić information content (AvgIpc) is 2.32. The van der Waals surface area contributed by atoms with E-state index >= 15 is 0 Å². The molecule has 0 saturated heterocycles. The van der Waals surface area contributed by atoms with E-state index < -0.39 is 6.10 Å². The van der Waals surface area contributed by atoms with Gasteiger partial charge in [-0.15, -0.1) is 0 Å².